The molecule has 0 aliphatic heterocycles. The Morgan fingerprint density at radius 1 is 1.30 bits per heavy atom. The number of rotatable bonds is 7. The predicted octanol–water partition coefficient (Wildman–Crippen LogP) is 5.32. The molecule has 20 heavy (non-hydrogen) atoms. The Labute approximate surface area is 138 Å². The van der Waals surface area contributed by atoms with Gasteiger partial charge in [-0.2, -0.15) is 11.3 Å². The highest BCUT2D eigenvalue weighted by molar-refractivity contribution is 9.10. The van der Waals surface area contributed by atoms with Crippen LogP contribution in [0.4, 0.5) is 0 Å². The second-order valence-electron chi connectivity index (χ2n) is 4.93. The largest absolute Gasteiger partial charge is 0.313 e. The Kier molecular flexibility index (Phi) is 6.56. The number of benzene rings is 1. The van der Waals surface area contributed by atoms with Crippen molar-refractivity contribution in [2.24, 2.45) is 0 Å². The van der Waals surface area contributed by atoms with Gasteiger partial charge in [0.1, 0.15) is 0 Å². The van der Waals surface area contributed by atoms with Crippen molar-refractivity contribution >= 4 is 38.9 Å². The summed E-state index contributed by atoms with van der Waals surface area (Å²) in [5.41, 5.74) is 2.61. The first kappa shape index (κ1) is 16.0. The summed E-state index contributed by atoms with van der Waals surface area (Å²) in [5.74, 6) is 0. The van der Waals surface area contributed by atoms with Crippen molar-refractivity contribution in [3.63, 3.8) is 0 Å². The van der Waals surface area contributed by atoms with E-state index in [4.69, 9.17) is 11.6 Å². The van der Waals surface area contributed by atoms with Gasteiger partial charge in [-0.05, 0) is 65.9 Å². The predicted molar refractivity (Wildman–Crippen MR) is 93.0 cm³/mol. The molecule has 108 valence electrons. The lowest BCUT2D eigenvalue weighted by Gasteiger charge is -2.19. The lowest BCUT2D eigenvalue weighted by atomic mass is 10.0. The van der Waals surface area contributed by atoms with E-state index >= 15 is 0 Å². The van der Waals surface area contributed by atoms with Crippen LogP contribution in [0.2, 0.25) is 5.02 Å². The number of hydrogen-bond donors (Lipinski definition) is 1. The lowest BCUT2D eigenvalue weighted by molar-refractivity contribution is 0.505. The Balaban J connectivity index is 2.06. The van der Waals surface area contributed by atoms with Crippen LogP contribution >= 0.6 is 38.9 Å². The number of nitrogens with one attached hydrogen (secondary N) is 1. The van der Waals surface area contributed by atoms with Crippen LogP contribution in [-0.2, 0) is 12.8 Å². The van der Waals surface area contributed by atoms with E-state index in [1.54, 1.807) is 11.3 Å². The first-order chi connectivity index (χ1) is 9.69. The van der Waals surface area contributed by atoms with Crippen molar-refractivity contribution in [2.45, 2.75) is 32.2 Å². The minimum Gasteiger partial charge on any atom is -0.313 e. The molecule has 0 spiro atoms. The van der Waals surface area contributed by atoms with Crippen LogP contribution in [0, 0.1) is 0 Å². The van der Waals surface area contributed by atoms with Crippen molar-refractivity contribution in [1.29, 1.82) is 0 Å². The van der Waals surface area contributed by atoms with Crippen molar-refractivity contribution < 1.29 is 0 Å². The molecular formula is C16H19BrClNS. The Bertz CT molecular complexity index is 527. The second kappa shape index (κ2) is 8.18. The fraction of sp³-hybridized carbons (Fsp3) is 0.375. The number of thiophene rings is 1. The highest BCUT2D eigenvalue weighted by Crippen LogP contribution is 2.23. The third kappa shape index (κ3) is 4.88. The zero-order valence-corrected chi connectivity index (χ0v) is 14.7. The molecule has 1 aromatic heterocycles. The molecule has 2 aromatic rings. The molecule has 0 fully saturated rings. The first-order valence-corrected chi connectivity index (χ1v) is 8.98. The van der Waals surface area contributed by atoms with Gasteiger partial charge in [0.15, 0.2) is 0 Å². The summed E-state index contributed by atoms with van der Waals surface area (Å²) < 4.78 is 1.03. The minimum atomic E-state index is 0.434. The van der Waals surface area contributed by atoms with Crippen LogP contribution in [0.5, 0.6) is 0 Å². The summed E-state index contributed by atoms with van der Waals surface area (Å²) in [5, 5.41) is 8.84. The van der Waals surface area contributed by atoms with Gasteiger partial charge >= 0.3 is 0 Å². The van der Waals surface area contributed by atoms with E-state index in [1.165, 1.54) is 11.1 Å². The molecule has 1 unspecified atom stereocenters. The van der Waals surface area contributed by atoms with Crippen LogP contribution in [0.25, 0.3) is 0 Å². The molecule has 1 nitrogen and oxygen atoms in total. The van der Waals surface area contributed by atoms with Crippen LogP contribution in [-0.4, -0.2) is 12.6 Å². The summed E-state index contributed by atoms with van der Waals surface area (Å²) in [4.78, 5) is 0. The average molecular weight is 373 g/mol. The highest BCUT2D eigenvalue weighted by atomic mass is 79.9. The minimum absolute atomic E-state index is 0.434. The monoisotopic (exact) mass is 371 g/mol. The number of hydrogen-bond acceptors (Lipinski definition) is 2. The van der Waals surface area contributed by atoms with Gasteiger partial charge < -0.3 is 5.32 Å². The van der Waals surface area contributed by atoms with E-state index in [2.05, 4.69) is 57.1 Å². The molecule has 0 aliphatic carbocycles. The topological polar surface area (TPSA) is 12.0 Å². The maximum atomic E-state index is 6.33. The molecule has 0 saturated carbocycles. The second-order valence-corrected chi connectivity index (χ2v) is 7.03. The standard InChI is InChI=1S/C16H19BrClNS/c1-2-6-19-15(8-12-5-7-20-11-12)9-13-3-4-14(17)10-16(13)18/h3-5,7,10-11,15,19H,2,6,8-9H2,1H3. The molecule has 1 N–H and O–H groups in total. The molecule has 1 heterocycles. The van der Waals surface area contributed by atoms with E-state index < -0.39 is 0 Å². The SMILES string of the molecule is CCCNC(Cc1ccsc1)Cc1ccc(Br)cc1Cl. The van der Waals surface area contributed by atoms with Crippen molar-refractivity contribution in [2.75, 3.05) is 6.54 Å². The molecular weight excluding hydrogens is 354 g/mol. The van der Waals surface area contributed by atoms with Gasteiger partial charge in [-0.3, -0.25) is 0 Å². The van der Waals surface area contributed by atoms with Gasteiger partial charge in [-0.1, -0.05) is 40.5 Å². The zero-order chi connectivity index (χ0) is 14.4. The molecule has 0 bridgehead atoms. The molecule has 1 atom stereocenters. The third-order valence-electron chi connectivity index (χ3n) is 3.23. The van der Waals surface area contributed by atoms with Crippen LogP contribution in [0.1, 0.15) is 24.5 Å². The first-order valence-electron chi connectivity index (χ1n) is 6.87. The quantitative estimate of drug-likeness (QED) is 0.694. The molecule has 0 saturated heterocycles. The average Bonchev–Trinajstić information content (AvgIpc) is 2.92. The Hall–Kier alpha value is -0.350. The van der Waals surface area contributed by atoms with E-state index in [0.717, 1.165) is 35.3 Å². The van der Waals surface area contributed by atoms with Crippen molar-refractivity contribution in [1.82, 2.24) is 5.32 Å². The number of halogens is 2. The fourth-order valence-electron chi connectivity index (χ4n) is 2.21. The lowest BCUT2D eigenvalue weighted by Crippen LogP contribution is -2.33. The van der Waals surface area contributed by atoms with Gasteiger partial charge in [0.2, 0.25) is 0 Å². The van der Waals surface area contributed by atoms with Gasteiger partial charge in [0, 0.05) is 15.5 Å². The van der Waals surface area contributed by atoms with E-state index in [1.807, 2.05) is 6.07 Å². The van der Waals surface area contributed by atoms with Gasteiger partial charge in [0.05, 0.1) is 0 Å². The zero-order valence-electron chi connectivity index (χ0n) is 11.5. The van der Waals surface area contributed by atoms with Crippen LogP contribution in [0.15, 0.2) is 39.5 Å². The summed E-state index contributed by atoms with van der Waals surface area (Å²) in [6.45, 7) is 3.24. The summed E-state index contributed by atoms with van der Waals surface area (Å²) in [6.07, 6.45) is 3.16. The highest BCUT2D eigenvalue weighted by Gasteiger charge is 2.12. The fourth-order valence-corrected chi connectivity index (χ4v) is 3.64. The van der Waals surface area contributed by atoms with E-state index in [0.29, 0.717) is 6.04 Å². The van der Waals surface area contributed by atoms with Crippen molar-refractivity contribution in [3.05, 3.63) is 55.6 Å². The van der Waals surface area contributed by atoms with Crippen LogP contribution in [0.3, 0.4) is 0 Å². The summed E-state index contributed by atoms with van der Waals surface area (Å²) in [7, 11) is 0. The summed E-state index contributed by atoms with van der Waals surface area (Å²) >= 11 is 11.5. The van der Waals surface area contributed by atoms with Crippen LogP contribution < -0.4 is 5.32 Å². The Morgan fingerprint density at radius 3 is 2.80 bits per heavy atom. The third-order valence-corrected chi connectivity index (χ3v) is 4.80. The molecule has 0 amide bonds. The van der Waals surface area contributed by atoms with E-state index in [-0.39, 0.29) is 0 Å². The van der Waals surface area contributed by atoms with Gasteiger partial charge in [-0.15, -0.1) is 0 Å². The molecule has 4 heteroatoms. The Morgan fingerprint density at radius 2 is 2.15 bits per heavy atom. The van der Waals surface area contributed by atoms with Crippen molar-refractivity contribution in [3.8, 4) is 0 Å². The molecule has 0 radical (unpaired) electrons. The normalized spacial score (nSPS) is 12.6. The smallest absolute Gasteiger partial charge is 0.0449 e. The molecule has 0 aliphatic rings. The van der Waals surface area contributed by atoms with E-state index in [9.17, 15) is 0 Å². The molecule has 1 aromatic carbocycles. The van der Waals surface area contributed by atoms with Gasteiger partial charge in [0.25, 0.3) is 0 Å². The van der Waals surface area contributed by atoms with Gasteiger partial charge in [-0.25, -0.2) is 0 Å². The maximum Gasteiger partial charge on any atom is 0.0449 e. The molecule has 2 rings (SSSR count). The maximum absolute atomic E-state index is 6.33. The summed E-state index contributed by atoms with van der Waals surface area (Å²) in [6, 6.07) is 8.78.